The predicted molar refractivity (Wildman–Crippen MR) is 109 cm³/mol. The molecule has 0 aliphatic rings. The van der Waals surface area contributed by atoms with Crippen LogP contribution < -0.4 is 20.6 Å². The number of aromatic nitrogens is 3. The van der Waals surface area contributed by atoms with E-state index in [-0.39, 0.29) is 47.3 Å². The van der Waals surface area contributed by atoms with E-state index in [0.29, 0.717) is 0 Å². The van der Waals surface area contributed by atoms with Crippen molar-refractivity contribution in [3.8, 4) is 17.4 Å². The third kappa shape index (κ3) is 6.09. The first-order valence-electron chi connectivity index (χ1n) is 9.19. The largest absolute Gasteiger partial charge is 0.484 e. The molecule has 2 aromatic heterocycles. The van der Waals surface area contributed by atoms with Crippen molar-refractivity contribution in [2.45, 2.75) is 12.6 Å². The summed E-state index contributed by atoms with van der Waals surface area (Å²) in [7, 11) is -3.22. The highest BCUT2D eigenvalue weighted by molar-refractivity contribution is 7.90. The number of sulfone groups is 1. The maximum Gasteiger partial charge on any atom is 0.422 e. The van der Waals surface area contributed by atoms with Gasteiger partial charge >= 0.3 is 12.2 Å². The Kier molecular flexibility index (Phi) is 6.57. The molecule has 32 heavy (non-hydrogen) atoms. The van der Waals surface area contributed by atoms with E-state index in [1.54, 1.807) is 0 Å². The molecule has 0 saturated carbocycles. The molecule has 0 atom stereocenters. The third-order valence-electron chi connectivity index (χ3n) is 4.12. The highest BCUT2D eigenvalue weighted by Gasteiger charge is 2.28. The summed E-state index contributed by atoms with van der Waals surface area (Å²) < 4.78 is 70.8. The van der Waals surface area contributed by atoms with Crippen LogP contribution in [0.4, 0.5) is 13.2 Å². The summed E-state index contributed by atoms with van der Waals surface area (Å²) in [4.78, 5) is 31.2. The smallest absolute Gasteiger partial charge is 0.422 e. The second-order valence-electron chi connectivity index (χ2n) is 6.85. The van der Waals surface area contributed by atoms with E-state index in [1.165, 1.54) is 30.3 Å². The third-order valence-corrected chi connectivity index (χ3v) is 5.15. The molecule has 1 N–H and O–H groups in total. The fourth-order valence-electron chi connectivity index (χ4n) is 2.74. The van der Waals surface area contributed by atoms with Crippen molar-refractivity contribution < 1.29 is 31.1 Å². The summed E-state index contributed by atoms with van der Waals surface area (Å²) in [6.07, 6.45) is -3.30. The van der Waals surface area contributed by atoms with Gasteiger partial charge in [-0.25, -0.2) is 13.0 Å². The Balaban J connectivity index is 1.98. The van der Waals surface area contributed by atoms with Gasteiger partial charge in [0.1, 0.15) is 15.6 Å². The van der Waals surface area contributed by atoms with Gasteiger partial charge in [-0.3, -0.25) is 9.59 Å². The topological polar surface area (TPSA) is 120 Å². The average Bonchev–Trinajstić information content (AvgIpc) is 2.69. The fraction of sp³-hybridized carbons (Fsp3) is 0.316. The fourth-order valence-corrected chi connectivity index (χ4v) is 3.39. The lowest BCUT2D eigenvalue weighted by molar-refractivity contribution is -0.153. The van der Waals surface area contributed by atoms with E-state index in [4.69, 9.17) is 4.74 Å². The Bertz CT molecular complexity index is 1330. The number of alkyl halides is 3. The summed E-state index contributed by atoms with van der Waals surface area (Å²) in [5.74, 6) is -0.208. The molecule has 0 fully saturated rings. The van der Waals surface area contributed by atoms with Crippen LogP contribution in [0.15, 0.2) is 46.0 Å². The molecule has 0 unspecified atom stereocenters. The molecule has 2 heterocycles. The maximum atomic E-state index is 13.0. The number of hydrogen-bond acceptors (Lipinski definition) is 7. The SMILES string of the molecule is CS(=O)(=O)CCCOc1nc2[nH]c(=O)ccc2c(=O)n1-c1ccc(OCC(F)(F)F)cc1. The van der Waals surface area contributed by atoms with Crippen LogP contribution in [0, 0.1) is 0 Å². The molecule has 13 heteroatoms. The molecule has 0 aliphatic carbocycles. The first-order chi connectivity index (χ1) is 14.9. The Hall–Kier alpha value is -3.35. The molecule has 0 aliphatic heterocycles. The molecule has 0 saturated heterocycles. The molecule has 1 aromatic carbocycles. The molecule has 0 spiro atoms. The van der Waals surface area contributed by atoms with Gasteiger partial charge in [-0.2, -0.15) is 18.2 Å². The van der Waals surface area contributed by atoms with Crippen LogP contribution in [0.3, 0.4) is 0 Å². The molecule has 172 valence electrons. The van der Waals surface area contributed by atoms with E-state index in [2.05, 4.69) is 14.7 Å². The zero-order valence-corrected chi connectivity index (χ0v) is 17.5. The Morgan fingerprint density at radius 2 is 1.75 bits per heavy atom. The van der Waals surface area contributed by atoms with Gasteiger partial charge in [0.25, 0.3) is 5.56 Å². The zero-order chi connectivity index (χ0) is 23.5. The quantitative estimate of drug-likeness (QED) is 0.496. The minimum absolute atomic E-state index is 0.0259. The Labute approximate surface area is 179 Å². The van der Waals surface area contributed by atoms with Gasteiger partial charge in [-0.05, 0) is 36.8 Å². The van der Waals surface area contributed by atoms with Crippen LogP contribution in [0.25, 0.3) is 16.7 Å². The lowest BCUT2D eigenvalue weighted by atomic mass is 10.2. The Morgan fingerprint density at radius 1 is 1.06 bits per heavy atom. The molecular formula is C19H18F3N3O6S. The molecule has 3 aromatic rings. The summed E-state index contributed by atoms with van der Waals surface area (Å²) in [6.45, 7) is -1.55. The lowest BCUT2D eigenvalue weighted by Gasteiger charge is -2.14. The minimum atomic E-state index is -4.50. The zero-order valence-electron chi connectivity index (χ0n) is 16.7. The van der Waals surface area contributed by atoms with Crippen molar-refractivity contribution in [2.75, 3.05) is 25.2 Å². The van der Waals surface area contributed by atoms with E-state index in [0.717, 1.165) is 16.9 Å². The van der Waals surface area contributed by atoms with Crippen molar-refractivity contribution >= 4 is 20.9 Å². The minimum Gasteiger partial charge on any atom is -0.484 e. The molecule has 3 rings (SSSR count). The van der Waals surface area contributed by atoms with Crippen LogP contribution in [-0.4, -0.2) is 54.4 Å². The van der Waals surface area contributed by atoms with Crippen LogP contribution in [0.2, 0.25) is 0 Å². The summed E-state index contributed by atoms with van der Waals surface area (Å²) in [5.41, 5.74) is -0.903. The second kappa shape index (κ2) is 9.02. The monoisotopic (exact) mass is 473 g/mol. The van der Waals surface area contributed by atoms with Crippen LogP contribution >= 0.6 is 0 Å². The van der Waals surface area contributed by atoms with Crippen molar-refractivity contribution in [3.63, 3.8) is 0 Å². The average molecular weight is 473 g/mol. The summed E-state index contributed by atoms with van der Waals surface area (Å²) in [5, 5.41) is 0.0745. The van der Waals surface area contributed by atoms with E-state index in [1.807, 2.05) is 0 Å². The maximum absolute atomic E-state index is 13.0. The van der Waals surface area contributed by atoms with Gasteiger partial charge < -0.3 is 14.5 Å². The molecular weight excluding hydrogens is 455 g/mol. The van der Waals surface area contributed by atoms with Gasteiger partial charge in [0.05, 0.1) is 23.4 Å². The summed E-state index contributed by atoms with van der Waals surface area (Å²) >= 11 is 0. The first kappa shape index (κ1) is 23.3. The molecule has 9 nitrogen and oxygen atoms in total. The van der Waals surface area contributed by atoms with E-state index in [9.17, 15) is 31.2 Å². The number of aromatic amines is 1. The molecule has 0 amide bonds. The Morgan fingerprint density at radius 3 is 2.38 bits per heavy atom. The number of hydrogen-bond donors (Lipinski definition) is 1. The van der Waals surface area contributed by atoms with Gasteiger partial charge in [-0.15, -0.1) is 0 Å². The van der Waals surface area contributed by atoms with Crippen molar-refractivity contribution in [2.24, 2.45) is 0 Å². The highest BCUT2D eigenvalue weighted by Crippen LogP contribution is 2.22. The number of ether oxygens (including phenoxy) is 2. The van der Waals surface area contributed by atoms with Crippen LogP contribution in [-0.2, 0) is 9.84 Å². The van der Waals surface area contributed by atoms with Crippen LogP contribution in [0.1, 0.15) is 6.42 Å². The second-order valence-corrected chi connectivity index (χ2v) is 9.11. The number of nitrogens with one attached hydrogen (secondary N) is 1. The van der Waals surface area contributed by atoms with Crippen molar-refractivity contribution in [1.82, 2.24) is 14.5 Å². The summed E-state index contributed by atoms with van der Waals surface area (Å²) in [6, 6.07) is 7.40. The predicted octanol–water partition coefficient (Wildman–Crippen LogP) is 1.83. The number of rotatable bonds is 8. The van der Waals surface area contributed by atoms with Crippen molar-refractivity contribution in [1.29, 1.82) is 0 Å². The van der Waals surface area contributed by atoms with Gasteiger partial charge in [-0.1, -0.05) is 0 Å². The molecule has 0 bridgehead atoms. The van der Waals surface area contributed by atoms with E-state index < -0.39 is 33.7 Å². The van der Waals surface area contributed by atoms with E-state index >= 15 is 0 Å². The number of H-pyrrole nitrogens is 1. The normalized spacial score (nSPS) is 12.1. The number of fused-ring (bicyclic) bond motifs is 1. The standard InChI is InChI=1S/C19H18F3N3O6S/c1-32(28,29)10-2-9-30-18-24-16-14(7-8-15(26)23-16)17(27)25(18)12-3-5-13(6-4-12)31-11-19(20,21)22/h3-8H,2,9-11H2,1H3,(H,23,26). The van der Waals surface area contributed by atoms with Gasteiger partial charge in [0.2, 0.25) is 5.56 Å². The number of halogens is 3. The van der Waals surface area contributed by atoms with Crippen LogP contribution in [0.5, 0.6) is 11.8 Å². The number of pyridine rings is 1. The van der Waals surface area contributed by atoms with Gasteiger partial charge in [0.15, 0.2) is 12.3 Å². The number of benzene rings is 1. The van der Waals surface area contributed by atoms with Crippen molar-refractivity contribution in [3.05, 3.63) is 57.1 Å². The number of nitrogens with zero attached hydrogens (tertiary/aromatic N) is 2. The van der Waals surface area contributed by atoms with Gasteiger partial charge in [0, 0.05) is 12.3 Å². The molecule has 0 radical (unpaired) electrons. The highest BCUT2D eigenvalue weighted by atomic mass is 32.2. The lowest BCUT2D eigenvalue weighted by Crippen LogP contribution is -2.24. The first-order valence-corrected chi connectivity index (χ1v) is 11.3.